The summed E-state index contributed by atoms with van der Waals surface area (Å²) in [5.74, 6) is -3.55. The number of aliphatic hydroxyl groups excluding tert-OH is 3. The van der Waals surface area contributed by atoms with Gasteiger partial charge in [-0.05, 0) is 92.3 Å². The highest BCUT2D eigenvalue weighted by Crippen LogP contribution is 2.46. The number of aliphatic carboxylic acids is 1. The average Bonchev–Trinajstić information content (AvgIpc) is 3.16. The second kappa shape index (κ2) is 14.1. The van der Waals surface area contributed by atoms with E-state index in [0.29, 0.717) is 43.3 Å². The number of phenolic OH excluding ortho intramolecular Hbond substituents is 1. The van der Waals surface area contributed by atoms with Crippen LogP contribution in [-0.4, -0.2) is 74.1 Å². The van der Waals surface area contributed by atoms with E-state index in [9.17, 15) is 34.8 Å². The first-order chi connectivity index (χ1) is 19.0. The van der Waals surface area contributed by atoms with Gasteiger partial charge in [-0.2, -0.15) is 0 Å². The largest absolute Gasteiger partial charge is 0.507 e. The molecule has 0 spiro atoms. The Balaban J connectivity index is 1.74. The fourth-order valence-corrected chi connectivity index (χ4v) is 6.25. The number of nitrogens with zero attached hydrogens (tertiary/aromatic N) is 1. The van der Waals surface area contributed by atoms with Crippen molar-refractivity contribution in [3.8, 4) is 5.75 Å². The SMILES string of the molecule is CC/C(=C\c1cc(C)c(O)c(C)c1)CC[C@@H](O)C1=C(CO)C[C@H]2C(=O)N(CCCCCC(=O)O)C(=O)[C@H]2[C@H]1CO. The van der Waals surface area contributed by atoms with Crippen LogP contribution < -0.4 is 0 Å². The van der Waals surface area contributed by atoms with Crippen molar-refractivity contribution in [2.45, 2.75) is 78.2 Å². The molecule has 5 N–H and O–H groups in total. The Morgan fingerprint density at radius 1 is 1.07 bits per heavy atom. The van der Waals surface area contributed by atoms with Crippen molar-refractivity contribution in [3.05, 3.63) is 45.5 Å². The summed E-state index contributed by atoms with van der Waals surface area (Å²) in [6.07, 6.45) is 4.41. The van der Waals surface area contributed by atoms with E-state index in [1.807, 2.05) is 39.0 Å². The number of carbonyl (C=O) groups excluding carboxylic acids is 2. The molecule has 0 saturated carbocycles. The van der Waals surface area contributed by atoms with Crippen LogP contribution in [-0.2, 0) is 14.4 Å². The number of hydrogen-bond acceptors (Lipinski definition) is 7. The number of unbranched alkanes of at least 4 members (excludes halogenated alkanes) is 2. The molecule has 0 unspecified atom stereocenters. The molecule has 40 heavy (non-hydrogen) atoms. The zero-order valence-electron chi connectivity index (χ0n) is 23.7. The molecule has 9 nitrogen and oxygen atoms in total. The molecule has 2 amide bonds. The number of likely N-dealkylation sites (tertiary alicyclic amines) is 1. The normalized spacial score (nSPS) is 22.2. The summed E-state index contributed by atoms with van der Waals surface area (Å²) >= 11 is 0. The molecular weight excluding hydrogens is 514 g/mol. The average molecular weight is 558 g/mol. The van der Waals surface area contributed by atoms with Crippen LogP contribution in [0.5, 0.6) is 5.75 Å². The smallest absolute Gasteiger partial charge is 0.303 e. The maximum absolute atomic E-state index is 13.4. The minimum Gasteiger partial charge on any atom is -0.507 e. The molecule has 1 aliphatic heterocycles. The van der Waals surface area contributed by atoms with Gasteiger partial charge < -0.3 is 25.5 Å². The molecule has 1 aromatic carbocycles. The van der Waals surface area contributed by atoms with E-state index in [1.165, 1.54) is 4.90 Å². The van der Waals surface area contributed by atoms with E-state index in [0.717, 1.165) is 28.7 Å². The zero-order valence-corrected chi connectivity index (χ0v) is 23.7. The van der Waals surface area contributed by atoms with Gasteiger partial charge in [-0.25, -0.2) is 0 Å². The van der Waals surface area contributed by atoms with Crippen LogP contribution in [0.15, 0.2) is 28.9 Å². The number of aliphatic hydroxyl groups is 3. The van der Waals surface area contributed by atoms with E-state index in [-0.39, 0.29) is 43.6 Å². The van der Waals surface area contributed by atoms with Crippen LogP contribution in [0.2, 0.25) is 0 Å². The van der Waals surface area contributed by atoms with E-state index < -0.39 is 36.4 Å². The predicted molar refractivity (Wildman–Crippen MR) is 150 cm³/mol. The second-order valence-electron chi connectivity index (χ2n) is 11.1. The van der Waals surface area contributed by atoms with E-state index in [2.05, 4.69) is 0 Å². The monoisotopic (exact) mass is 557 g/mol. The molecule has 1 saturated heterocycles. The first-order valence-corrected chi connectivity index (χ1v) is 14.2. The van der Waals surface area contributed by atoms with Crippen molar-refractivity contribution < 1.29 is 39.9 Å². The van der Waals surface area contributed by atoms with Crippen molar-refractivity contribution >= 4 is 23.9 Å². The van der Waals surface area contributed by atoms with Gasteiger partial charge in [-0.15, -0.1) is 0 Å². The van der Waals surface area contributed by atoms with Crippen LogP contribution in [0.4, 0.5) is 0 Å². The number of aromatic hydroxyl groups is 1. The standard InChI is InChI=1S/C31H43NO8/c1-4-20(14-21-12-18(2)29(38)19(3)13-21)9-10-25(35)27-22(16-33)15-23-28(24(27)17-34)31(40)32(30(23)39)11-7-5-6-8-26(36)37/h12-14,23-25,28,33-35,38H,4-11,15-17H2,1-3H3,(H,36,37)/b20-14+/t23-,24+,25-,28-/m1/s1. The number of phenols is 1. The number of imide groups is 1. The van der Waals surface area contributed by atoms with Crippen LogP contribution in [0.1, 0.15) is 75.0 Å². The zero-order chi connectivity index (χ0) is 29.6. The van der Waals surface area contributed by atoms with Gasteiger partial charge in [0.25, 0.3) is 0 Å². The minimum absolute atomic E-state index is 0.0356. The molecule has 0 radical (unpaired) electrons. The quantitative estimate of drug-likeness (QED) is 0.132. The molecule has 1 aliphatic carbocycles. The molecule has 3 rings (SSSR count). The van der Waals surface area contributed by atoms with Gasteiger partial charge in [-0.1, -0.05) is 25.0 Å². The summed E-state index contributed by atoms with van der Waals surface area (Å²) in [6, 6.07) is 3.81. The van der Waals surface area contributed by atoms with Crippen molar-refractivity contribution in [2.75, 3.05) is 19.8 Å². The lowest BCUT2D eigenvalue weighted by molar-refractivity contribution is -0.141. The Morgan fingerprint density at radius 2 is 1.75 bits per heavy atom. The maximum Gasteiger partial charge on any atom is 0.303 e. The summed E-state index contributed by atoms with van der Waals surface area (Å²) in [5, 5.41) is 50.7. The molecule has 2 aliphatic rings. The highest BCUT2D eigenvalue weighted by Gasteiger charge is 2.54. The molecule has 1 heterocycles. The summed E-state index contributed by atoms with van der Waals surface area (Å²) in [7, 11) is 0. The summed E-state index contributed by atoms with van der Waals surface area (Å²) in [6.45, 7) is 5.11. The topological polar surface area (TPSA) is 156 Å². The van der Waals surface area contributed by atoms with Gasteiger partial charge in [0.1, 0.15) is 5.75 Å². The van der Waals surface area contributed by atoms with Crippen molar-refractivity contribution in [1.82, 2.24) is 4.90 Å². The Hall–Kier alpha value is -3.01. The summed E-state index contributed by atoms with van der Waals surface area (Å²) in [4.78, 5) is 38.5. The molecule has 220 valence electrons. The number of benzene rings is 1. The highest BCUT2D eigenvalue weighted by molar-refractivity contribution is 6.05. The third kappa shape index (κ3) is 7.00. The molecule has 0 aromatic heterocycles. The van der Waals surface area contributed by atoms with Crippen LogP contribution in [0.25, 0.3) is 6.08 Å². The number of hydrogen-bond donors (Lipinski definition) is 5. The van der Waals surface area contributed by atoms with E-state index in [1.54, 1.807) is 0 Å². The highest BCUT2D eigenvalue weighted by atomic mass is 16.4. The lowest BCUT2D eigenvalue weighted by Crippen LogP contribution is -2.39. The first kappa shape index (κ1) is 31.5. The van der Waals surface area contributed by atoms with Gasteiger partial charge in [0, 0.05) is 18.9 Å². The van der Waals surface area contributed by atoms with Crippen LogP contribution in [0, 0.1) is 31.6 Å². The predicted octanol–water partition coefficient (Wildman–Crippen LogP) is 3.49. The van der Waals surface area contributed by atoms with E-state index >= 15 is 0 Å². The van der Waals surface area contributed by atoms with Gasteiger partial charge >= 0.3 is 5.97 Å². The number of rotatable bonds is 14. The summed E-state index contributed by atoms with van der Waals surface area (Å²) < 4.78 is 0. The van der Waals surface area contributed by atoms with Gasteiger partial charge in [0.15, 0.2) is 0 Å². The van der Waals surface area contributed by atoms with Gasteiger partial charge in [0.05, 0.1) is 31.2 Å². The molecule has 4 atom stereocenters. The van der Waals surface area contributed by atoms with Crippen LogP contribution in [0.3, 0.4) is 0 Å². The third-order valence-corrected chi connectivity index (χ3v) is 8.37. The molecule has 9 heteroatoms. The minimum atomic E-state index is -0.994. The Kier molecular flexibility index (Phi) is 11.1. The Bertz CT molecular complexity index is 1150. The number of carboxylic acid groups (broad SMARTS) is 1. The Morgan fingerprint density at radius 3 is 2.33 bits per heavy atom. The van der Waals surface area contributed by atoms with Crippen molar-refractivity contribution in [2.24, 2.45) is 17.8 Å². The number of carbonyl (C=O) groups is 3. The number of amides is 2. The number of allylic oxidation sites excluding steroid dienone is 1. The lowest BCUT2D eigenvalue weighted by Gasteiger charge is -2.36. The third-order valence-electron chi connectivity index (χ3n) is 8.37. The molecule has 0 bridgehead atoms. The molecule has 1 aromatic rings. The maximum atomic E-state index is 13.4. The number of carboxylic acids is 1. The molecule has 1 fully saturated rings. The first-order valence-electron chi connectivity index (χ1n) is 14.2. The van der Waals surface area contributed by atoms with Gasteiger partial charge in [0.2, 0.25) is 11.8 Å². The van der Waals surface area contributed by atoms with Crippen molar-refractivity contribution in [3.63, 3.8) is 0 Å². The number of fused-ring (bicyclic) bond motifs is 1. The van der Waals surface area contributed by atoms with Gasteiger partial charge in [-0.3, -0.25) is 19.3 Å². The van der Waals surface area contributed by atoms with E-state index in [4.69, 9.17) is 5.11 Å². The lowest BCUT2D eigenvalue weighted by atomic mass is 9.68. The molecular formula is C31H43NO8. The Labute approximate surface area is 235 Å². The summed E-state index contributed by atoms with van der Waals surface area (Å²) in [5.41, 5.74) is 4.58. The fraction of sp³-hybridized carbons (Fsp3) is 0.581. The van der Waals surface area contributed by atoms with Crippen molar-refractivity contribution in [1.29, 1.82) is 0 Å². The van der Waals surface area contributed by atoms with Crippen LogP contribution >= 0.6 is 0 Å². The second-order valence-corrected chi connectivity index (χ2v) is 11.1. The fourth-order valence-electron chi connectivity index (χ4n) is 6.25. The number of aryl methyl sites for hydroxylation is 2.